The molecule has 1 aliphatic rings. The second-order valence-corrected chi connectivity index (χ2v) is 3.83. The van der Waals surface area contributed by atoms with Crippen molar-refractivity contribution < 1.29 is 5.21 Å². The van der Waals surface area contributed by atoms with Crippen LogP contribution in [0.15, 0.2) is 23.7 Å². The molecule has 1 aliphatic carbocycles. The minimum atomic E-state index is 0.245. The van der Waals surface area contributed by atoms with Gasteiger partial charge >= 0.3 is 0 Å². The molecule has 0 saturated heterocycles. The van der Waals surface area contributed by atoms with Gasteiger partial charge in [0, 0.05) is 31.4 Å². The summed E-state index contributed by atoms with van der Waals surface area (Å²) in [5.41, 5.74) is 5.46. The van der Waals surface area contributed by atoms with Gasteiger partial charge in [-0.25, -0.2) is 4.98 Å². The highest BCUT2D eigenvalue weighted by atomic mass is 16.4. The summed E-state index contributed by atoms with van der Waals surface area (Å²) in [7, 11) is 0. The number of hydrogen-bond acceptors (Lipinski definition) is 5. The van der Waals surface area contributed by atoms with Crippen molar-refractivity contribution in [1.29, 1.82) is 0 Å². The molecule has 0 bridgehead atoms. The fraction of sp³-hybridized carbons (Fsp3) is 0.500. The van der Waals surface area contributed by atoms with Crippen LogP contribution in [0, 0.1) is 0 Å². The Hall–Kier alpha value is -1.85. The highest BCUT2D eigenvalue weighted by Gasteiger charge is 2.29. The van der Waals surface area contributed by atoms with Crippen LogP contribution in [0.5, 0.6) is 0 Å². The summed E-state index contributed by atoms with van der Waals surface area (Å²) in [5.74, 6) is 1.10. The highest BCUT2D eigenvalue weighted by molar-refractivity contribution is 5.80. The van der Waals surface area contributed by atoms with Crippen LogP contribution in [-0.2, 0) is 0 Å². The van der Waals surface area contributed by atoms with E-state index in [1.54, 1.807) is 18.6 Å². The SMILES string of the molecule is NC(CCN(c1cnccn1)C1CC1)=NO. The molecule has 0 aromatic carbocycles. The Labute approximate surface area is 93.8 Å². The fourth-order valence-corrected chi connectivity index (χ4v) is 1.59. The smallest absolute Gasteiger partial charge is 0.147 e. The van der Waals surface area contributed by atoms with Gasteiger partial charge in [-0.2, -0.15) is 0 Å². The van der Waals surface area contributed by atoms with E-state index >= 15 is 0 Å². The van der Waals surface area contributed by atoms with E-state index < -0.39 is 0 Å². The van der Waals surface area contributed by atoms with E-state index in [1.165, 1.54) is 12.8 Å². The lowest BCUT2D eigenvalue weighted by molar-refractivity contribution is 0.317. The van der Waals surface area contributed by atoms with Crippen LogP contribution in [0.4, 0.5) is 5.82 Å². The van der Waals surface area contributed by atoms with Crippen molar-refractivity contribution >= 4 is 11.7 Å². The van der Waals surface area contributed by atoms with E-state index in [1.807, 2.05) is 0 Å². The Balaban J connectivity index is 2.01. The normalized spacial score (nSPS) is 16.1. The molecule has 0 spiro atoms. The molecule has 0 radical (unpaired) electrons. The van der Waals surface area contributed by atoms with Crippen LogP contribution in [0.1, 0.15) is 19.3 Å². The Morgan fingerprint density at radius 1 is 1.56 bits per heavy atom. The van der Waals surface area contributed by atoms with E-state index in [4.69, 9.17) is 10.9 Å². The van der Waals surface area contributed by atoms with Gasteiger partial charge in [0.05, 0.1) is 6.20 Å². The van der Waals surface area contributed by atoms with E-state index in [0.717, 1.165) is 5.82 Å². The van der Waals surface area contributed by atoms with Crippen LogP contribution in [0.3, 0.4) is 0 Å². The highest BCUT2D eigenvalue weighted by Crippen LogP contribution is 2.30. The molecule has 1 fully saturated rings. The lowest BCUT2D eigenvalue weighted by atomic mass is 10.3. The third-order valence-corrected chi connectivity index (χ3v) is 2.57. The molecule has 86 valence electrons. The number of hydrogen-bond donors (Lipinski definition) is 2. The molecule has 6 nitrogen and oxygen atoms in total. The molecule has 6 heteroatoms. The molecule has 1 aromatic rings. The molecule has 0 amide bonds. The van der Waals surface area contributed by atoms with E-state index in [9.17, 15) is 0 Å². The summed E-state index contributed by atoms with van der Waals surface area (Å²) >= 11 is 0. The molecule has 0 aliphatic heterocycles. The van der Waals surface area contributed by atoms with Crippen LogP contribution in [-0.4, -0.2) is 33.6 Å². The number of amidine groups is 1. The summed E-state index contributed by atoms with van der Waals surface area (Å²) < 4.78 is 0. The van der Waals surface area contributed by atoms with Gasteiger partial charge in [0.25, 0.3) is 0 Å². The van der Waals surface area contributed by atoms with E-state index in [2.05, 4.69) is 20.0 Å². The lowest BCUT2D eigenvalue weighted by Gasteiger charge is -2.22. The maximum atomic E-state index is 8.49. The Bertz CT molecular complexity index is 363. The molecule has 1 saturated carbocycles. The molecule has 16 heavy (non-hydrogen) atoms. The number of anilines is 1. The Kier molecular flexibility index (Phi) is 3.19. The Morgan fingerprint density at radius 3 is 2.94 bits per heavy atom. The minimum Gasteiger partial charge on any atom is -0.409 e. The molecule has 0 unspecified atom stereocenters. The van der Waals surface area contributed by atoms with Crippen LogP contribution in [0.25, 0.3) is 0 Å². The average molecular weight is 221 g/mol. The predicted molar refractivity (Wildman–Crippen MR) is 60.4 cm³/mol. The standard InChI is InChI=1S/C10H15N5O/c11-9(14-16)3-6-15(8-1-2-8)10-7-12-4-5-13-10/h4-5,7-8,16H,1-3,6H2,(H2,11,14). The first kappa shape index (κ1) is 10.7. The van der Waals surface area contributed by atoms with Crippen molar-refractivity contribution in [2.45, 2.75) is 25.3 Å². The summed E-state index contributed by atoms with van der Waals surface area (Å²) in [6.07, 6.45) is 7.94. The summed E-state index contributed by atoms with van der Waals surface area (Å²) in [6.45, 7) is 0.708. The number of nitrogens with zero attached hydrogens (tertiary/aromatic N) is 4. The third-order valence-electron chi connectivity index (χ3n) is 2.57. The quantitative estimate of drug-likeness (QED) is 0.329. The number of aromatic nitrogens is 2. The maximum absolute atomic E-state index is 8.49. The molecule has 3 N–H and O–H groups in total. The van der Waals surface area contributed by atoms with Crippen molar-refractivity contribution in [1.82, 2.24) is 9.97 Å². The molecule has 2 rings (SSSR count). The molecular formula is C10H15N5O. The van der Waals surface area contributed by atoms with Gasteiger partial charge in [-0.15, -0.1) is 0 Å². The molecule has 1 aromatic heterocycles. The number of oxime groups is 1. The van der Waals surface area contributed by atoms with Crippen LogP contribution >= 0.6 is 0 Å². The third kappa shape index (κ3) is 2.59. The maximum Gasteiger partial charge on any atom is 0.147 e. The minimum absolute atomic E-state index is 0.245. The van der Waals surface area contributed by atoms with Gasteiger partial charge in [0.1, 0.15) is 11.7 Å². The summed E-state index contributed by atoms with van der Waals surface area (Å²) in [4.78, 5) is 10.5. The monoisotopic (exact) mass is 221 g/mol. The predicted octanol–water partition coefficient (Wildman–Crippen LogP) is 0.582. The first-order chi connectivity index (χ1) is 7.81. The lowest BCUT2D eigenvalue weighted by Crippen LogP contribution is -2.30. The van der Waals surface area contributed by atoms with Crippen LogP contribution in [0.2, 0.25) is 0 Å². The van der Waals surface area contributed by atoms with Crippen molar-refractivity contribution in [3.8, 4) is 0 Å². The van der Waals surface area contributed by atoms with Gasteiger partial charge < -0.3 is 15.8 Å². The van der Waals surface area contributed by atoms with Crippen molar-refractivity contribution in [3.63, 3.8) is 0 Å². The van der Waals surface area contributed by atoms with Crippen molar-refractivity contribution in [2.24, 2.45) is 10.9 Å². The second-order valence-electron chi connectivity index (χ2n) is 3.83. The first-order valence-electron chi connectivity index (χ1n) is 5.30. The average Bonchev–Trinajstić information content (AvgIpc) is 3.15. The number of nitrogens with two attached hydrogens (primary N) is 1. The van der Waals surface area contributed by atoms with E-state index in [-0.39, 0.29) is 5.84 Å². The zero-order valence-corrected chi connectivity index (χ0v) is 8.95. The molecule has 0 atom stereocenters. The van der Waals surface area contributed by atoms with Crippen molar-refractivity contribution in [2.75, 3.05) is 11.4 Å². The van der Waals surface area contributed by atoms with Crippen LogP contribution < -0.4 is 10.6 Å². The summed E-state index contributed by atoms with van der Waals surface area (Å²) in [6, 6.07) is 0.531. The number of rotatable bonds is 5. The second kappa shape index (κ2) is 4.78. The Morgan fingerprint density at radius 2 is 2.38 bits per heavy atom. The zero-order chi connectivity index (χ0) is 11.4. The largest absolute Gasteiger partial charge is 0.409 e. The van der Waals surface area contributed by atoms with Crippen molar-refractivity contribution in [3.05, 3.63) is 18.6 Å². The fourth-order valence-electron chi connectivity index (χ4n) is 1.59. The molecule has 1 heterocycles. The van der Waals surface area contributed by atoms with E-state index in [0.29, 0.717) is 19.0 Å². The zero-order valence-electron chi connectivity index (χ0n) is 8.95. The van der Waals surface area contributed by atoms with Gasteiger partial charge in [0.2, 0.25) is 0 Å². The molecular weight excluding hydrogens is 206 g/mol. The van der Waals surface area contributed by atoms with Gasteiger partial charge in [-0.3, -0.25) is 4.98 Å². The first-order valence-corrected chi connectivity index (χ1v) is 5.30. The topological polar surface area (TPSA) is 87.6 Å². The van der Waals surface area contributed by atoms with Gasteiger partial charge in [0.15, 0.2) is 0 Å². The van der Waals surface area contributed by atoms with Gasteiger partial charge in [-0.1, -0.05) is 5.16 Å². The summed E-state index contributed by atoms with van der Waals surface area (Å²) in [5, 5.41) is 11.5. The van der Waals surface area contributed by atoms with Gasteiger partial charge in [-0.05, 0) is 12.8 Å².